The van der Waals surface area contributed by atoms with Crippen LogP contribution in [0.5, 0.6) is 0 Å². The van der Waals surface area contributed by atoms with Gasteiger partial charge in [0.05, 0.1) is 0 Å². The van der Waals surface area contributed by atoms with E-state index in [-0.39, 0.29) is 5.44 Å². The first-order valence-corrected chi connectivity index (χ1v) is 7.18. The van der Waals surface area contributed by atoms with Crippen molar-refractivity contribution < 1.29 is 9.53 Å². The van der Waals surface area contributed by atoms with Gasteiger partial charge in [0.1, 0.15) is 5.04 Å². The number of hydrogen-bond donors (Lipinski definition) is 0. The lowest BCUT2D eigenvalue weighted by atomic mass is 10.2. The first-order valence-electron chi connectivity index (χ1n) is 6.30. The highest BCUT2D eigenvalue weighted by atomic mass is 32.2. The van der Waals surface area contributed by atoms with Gasteiger partial charge in [-0.1, -0.05) is 71.9 Å². The summed E-state index contributed by atoms with van der Waals surface area (Å²) in [5.41, 5.74) is 2.75. The summed E-state index contributed by atoms with van der Waals surface area (Å²) in [5, 5.41) is 0.701. The highest BCUT2D eigenvalue weighted by molar-refractivity contribution is 8.14. The molecule has 1 aliphatic heterocycles. The predicted octanol–water partition coefficient (Wildman–Crippen LogP) is 4.32. The molecule has 1 unspecified atom stereocenters. The normalized spacial score (nSPS) is 18.4. The van der Waals surface area contributed by atoms with E-state index in [1.807, 2.05) is 61.5 Å². The molecular formula is C16H13NO2S. The molecule has 100 valence electrons. The fourth-order valence-corrected chi connectivity index (χ4v) is 2.95. The number of cyclic esters (lactones) is 1. The third-order valence-electron chi connectivity index (χ3n) is 2.99. The summed E-state index contributed by atoms with van der Waals surface area (Å²) in [6.45, 7) is 2.03. The monoisotopic (exact) mass is 283 g/mol. The van der Waals surface area contributed by atoms with Gasteiger partial charge in [-0.05, 0) is 6.92 Å². The van der Waals surface area contributed by atoms with Gasteiger partial charge in [-0.2, -0.15) is 4.99 Å². The van der Waals surface area contributed by atoms with Crippen molar-refractivity contribution >= 4 is 22.9 Å². The number of hydrogen-bond acceptors (Lipinski definition) is 3. The number of carbonyl (C=O) groups excluding carboxylic acids is 1. The fourth-order valence-electron chi connectivity index (χ4n) is 1.93. The minimum absolute atomic E-state index is 0.337. The molecule has 0 saturated heterocycles. The highest BCUT2D eigenvalue weighted by Crippen LogP contribution is 2.36. The van der Waals surface area contributed by atoms with E-state index >= 15 is 0 Å². The molecular weight excluding hydrogens is 270 g/mol. The smallest absolute Gasteiger partial charge is 0.428 e. The van der Waals surface area contributed by atoms with E-state index in [2.05, 4.69) is 4.99 Å². The Morgan fingerprint density at radius 2 is 1.75 bits per heavy atom. The van der Waals surface area contributed by atoms with Gasteiger partial charge in [0.15, 0.2) is 5.44 Å². The Morgan fingerprint density at radius 3 is 2.45 bits per heavy atom. The average Bonchev–Trinajstić information content (AvgIpc) is 2.48. The summed E-state index contributed by atoms with van der Waals surface area (Å²) in [6, 6.07) is 17.7. The number of amides is 1. The Kier molecular flexibility index (Phi) is 3.56. The summed E-state index contributed by atoms with van der Waals surface area (Å²) in [7, 11) is 0. The van der Waals surface area contributed by atoms with Gasteiger partial charge in [0.25, 0.3) is 0 Å². The van der Waals surface area contributed by atoms with Gasteiger partial charge in [0, 0.05) is 11.1 Å². The van der Waals surface area contributed by atoms with Gasteiger partial charge < -0.3 is 4.74 Å². The lowest BCUT2D eigenvalue weighted by molar-refractivity contribution is 0.146. The third-order valence-corrected chi connectivity index (χ3v) is 4.12. The molecule has 2 aromatic rings. The molecule has 0 saturated carbocycles. The van der Waals surface area contributed by atoms with Crippen LogP contribution in [-0.2, 0) is 4.74 Å². The van der Waals surface area contributed by atoms with Crippen LogP contribution in [0.4, 0.5) is 4.79 Å². The first kappa shape index (κ1) is 12.9. The molecule has 3 rings (SSSR count). The molecule has 0 radical (unpaired) electrons. The average molecular weight is 283 g/mol. The molecule has 20 heavy (non-hydrogen) atoms. The summed E-state index contributed by atoms with van der Waals surface area (Å²) in [5.74, 6) is 0. The molecule has 1 atom stereocenters. The van der Waals surface area contributed by atoms with Crippen molar-refractivity contribution in [3.8, 4) is 0 Å². The van der Waals surface area contributed by atoms with E-state index in [1.165, 1.54) is 17.3 Å². The first-order chi connectivity index (χ1) is 9.72. The summed E-state index contributed by atoms with van der Waals surface area (Å²) in [4.78, 5) is 15.6. The molecule has 0 spiro atoms. The Bertz CT molecular complexity index is 650. The largest absolute Gasteiger partial charge is 0.436 e. The van der Waals surface area contributed by atoms with Crippen molar-refractivity contribution in [3.63, 3.8) is 0 Å². The van der Waals surface area contributed by atoms with Gasteiger partial charge in [-0.25, -0.2) is 4.79 Å². The third kappa shape index (κ3) is 2.75. The van der Waals surface area contributed by atoms with Crippen LogP contribution in [0.3, 0.4) is 0 Å². The van der Waals surface area contributed by atoms with Crippen molar-refractivity contribution in [1.82, 2.24) is 0 Å². The van der Waals surface area contributed by atoms with Crippen molar-refractivity contribution in [3.05, 3.63) is 71.3 Å². The topological polar surface area (TPSA) is 38.7 Å². The van der Waals surface area contributed by atoms with E-state index in [0.29, 0.717) is 5.04 Å². The second-order valence-electron chi connectivity index (χ2n) is 4.53. The highest BCUT2D eigenvalue weighted by Gasteiger charge is 2.26. The Hall–Kier alpha value is -2.07. The fraction of sp³-hybridized carbons (Fsp3) is 0.125. The van der Waals surface area contributed by atoms with Crippen molar-refractivity contribution in [1.29, 1.82) is 0 Å². The predicted molar refractivity (Wildman–Crippen MR) is 81.0 cm³/mol. The number of ether oxygens (including phenoxy) is 1. The standard InChI is InChI=1S/C16H13NO2S/c1-11-7-9-13(10-8-11)15-19-16(18)17-14(20-15)12-5-3-2-4-6-12/h2-10,15H,1H3. The van der Waals surface area contributed by atoms with Gasteiger partial charge in [-0.15, -0.1) is 0 Å². The van der Waals surface area contributed by atoms with Gasteiger partial charge >= 0.3 is 6.09 Å². The van der Waals surface area contributed by atoms with E-state index in [0.717, 1.165) is 11.1 Å². The maximum atomic E-state index is 11.7. The zero-order chi connectivity index (χ0) is 13.9. The van der Waals surface area contributed by atoms with Crippen LogP contribution >= 0.6 is 11.8 Å². The number of thioether (sulfide) groups is 1. The van der Waals surface area contributed by atoms with Crippen LogP contribution < -0.4 is 0 Å². The molecule has 4 heteroatoms. The van der Waals surface area contributed by atoms with Crippen molar-refractivity contribution in [2.24, 2.45) is 4.99 Å². The van der Waals surface area contributed by atoms with Crippen LogP contribution in [0.1, 0.15) is 22.1 Å². The molecule has 0 aliphatic carbocycles. The summed E-state index contributed by atoms with van der Waals surface area (Å²) >= 11 is 1.45. The van der Waals surface area contributed by atoms with Gasteiger partial charge in [0.2, 0.25) is 0 Å². The number of nitrogens with zero attached hydrogens (tertiary/aromatic N) is 1. The lowest BCUT2D eigenvalue weighted by Gasteiger charge is -2.21. The van der Waals surface area contributed by atoms with E-state index < -0.39 is 6.09 Å². The molecule has 1 heterocycles. The SMILES string of the molecule is Cc1ccc(C2OC(=O)N=C(c3ccccc3)S2)cc1. The number of rotatable bonds is 2. The second kappa shape index (κ2) is 5.51. The molecule has 0 bridgehead atoms. The molecule has 0 N–H and O–H groups in total. The second-order valence-corrected chi connectivity index (χ2v) is 5.58. The maximum Gasteiger partial charge on any atom is 0.436 e. The van der Waals surface area contributed by atoms with E-state index in [9.17, 15) is 4.79 Å². The molecule has 3 nitrogen and oxygen atoms in total. The minimum atomic E-state index is -0.534. The number of aliphatic imine (C=N–C) groups is 1. The van der Waals surface area contributed by atoms with E-state index in [1.54, 1.807) is 0 Å². The molecule has 1 amide bonds. The van der Waals surface area contributed by atoms with Crippen molar-refractivity contribution in [2.75, 3.05) is 0 Å². The van der Waals surface area contributed by atoms with Crippen LogP contribution in [0.2, 0.25) is 0 Å². The Labute approximate surface area is 121 Å². The number of benzene rings is 2. The van der Waals surface area contributed by atoms with Crippen LogP contribution in [0.15, 0.2) is 59.6 Å². The molecule has 1 aliphatic rings. The van der Waals surface area contributed by atoms with Gasteiger partial charge in [-0.3, -0.25) is 0 Å². The lowest BCUT2D eigenvalue weighted by Crippen LogP contribution is -2.15. The minimum Gasteiger partial charge on any atom is -0.428 e. The van der Waals surface area contributed by atoms with E-state index in [4.69, 9.17) is 4.74 Å². The molecule has 2 aromatic carbocycles. The zero-order valence-corrected chi connectivity index (χ0v) is 11.8. The van der Waals surface area contributed by atoms with Crippen LogP contribution in [-0.4, -0.2) is 11.1 Å². The summed E-state index contributed by atoms with van der Waals surface area (Å²) in [6.07, 6.45) is -0.534. The number of aryl methyl sites for hydroxylation is 1. The number of carbonyl (C=O) groups is 1. The molecule has 0 fully saturated rings. The Balaban J connectivity index is 1.89. The van der Waals surface area contributed by atoms with Crippen LogP contribution in [0.25, 0.3) is 0 Å². The maximum absolute atomic E-state index is 11.7. The molecule has 0 aromatic heterocycles. The zero-order valence-electron chi connectivity index (χ0n) is 10.9. The van der Waals surface area contributed by atoms with Crippen LogP contribution in [0, 0.1) is 6.92 Å². The summed E-state index contributed by atoms with van der Waals surface area (Å²) < 4.78 is 5.30. The Morgan fingerprint density at radius 1 is 1.05 bits per heavy atom. The van der Waals surface area contributed by atoms with Crippen molar-refractivity contribution in [2.45, 2.75) is 12.4 Å². The quantitative estimate of drug-likeness (QED) is 0.823.